The number of fused-ring (bicyclic) bond motifs is 14. The average molecular weight is 1120 g/mol. The number of rotatable bonds is 8. The molecule has 2 aromatic rings. The fraction of sp³-hybridized carbons (Fsp3) is 0.585. The van der Waals surface area contributed by atoms with Crippen LogP contribution in [-0.4, -0.2) is 174 Å². The first kappa shape index (κ1) is 62.9. The van der Waals surface area contributed by atoms with E-state index in [9.17, 15) is 39.9 Å². The molecule has 4 aliphatic rings. The van der Waals surface area contributed by atoms with Crippen molar-refractivity contribution in [3.05, 3.63) is 52.8 Å². The van der Waals surface area contributed by atoms with Crippen molar-refractivity contribution in [3.63, 3.8) is 0 Å². The number of esters is 1. The third kappa shape index (κ3) is 14.9. The Hall–Kier alpha value is -4.68. The lowest BCUT2D eigenvalue weighted by Crippen LogP contribution is -2.46. The normalized spacial score (nSPS) is 27.4. The third-order valence-corrected chi connectivity index (χ3v) is 17.8. The molecule has 6 N–H and O–H groups in total. The maximum Gasteiger partial charge on any atom is 0.312 e. The fourth-order valence-corrected chi connectivity index (χ4v) is 12.1. The van der Waals surface area contributed by atoms with Crippen LogP contribution in [0.25, 0.3) is 10.8 Å². The van der Waals surface area contributed by atoms with Crippen molar-refractivity contribution in [2.75, 3.05) is 71.8 Å². The number of hydrogen-bond acceptors (Lipinski definition) is 19. The zero-order valence-electron chi connectivity index (χ0n) is 45.7. The number of benzene rings is 2. The molecule has 0 aromatic heterocycles. The van der Waals surface area contributed by atoms with Gasteiger partial charge < -0.3 is 64.5 Å². The maximum atomic E-state index is 14.4. The highest BCUT2D eigenvalue weighted by atomic mass is 33.1. The molecule has 9 atom stereocenters. The molecular weight excluding hydrogens is 1040 g/mol. The molecule has 0 radical (unpaired) electrons. The molecule has 0 aliphatic carbocycles. The molecular formula is C53H78N6O12S4. The third-order valence-electron chi connectivity index (χ3n) is 14.1. The van der Waals surface area contributed by atoms with Crippen LogP contribution in [0.1, 0.15) is 97.6 Å². The van der Waals surface area contributed by atoms with E-state index in [1.54, 1.807) is 66.4 Å². The van der Waals surface area contributed by atoms with E-state index in [1.807, 2.05) is 7.05 Å². The van der Waals surface area contributed by atoms with E-state index in [0.717, 1.165) is 47.9 Å². The predicted molar refractivity (Wildman–Crippen MR) is 307 cm³/mol. The number of methoxy groups -OCH3 is 1. The summed E-state index contributed by atoms with van der Waals surface area (Å²) in [5, 5.41) is 66.8. The number of piperazine rings is 1. The van der Waals surface area contributed by atoms with E-state index in [-0.39, 0.29) is 44.5 Å². The Balaban J connectivity index is 0.000000654. The van der Waals surface area contributed by atoms with Gasteiger partial charge in [-0.25, -0.2) is 0 Å². The Labute approximate surface area is 460 Å². The number of anilines is 1. The standard InChI is InChI=1S/C43H58N4O12.C10H20N2S4/c1-21-12-11-13-22(2)42(55)45-33-28(20-44-47-17-15-46(9)16-18-47)37(52)30-31(38(33)53)36(51)26(6)40-32(30)41(54)43(8,59-40)57-19-14-29(56-10)23(3)39(58-27(7)48)25(5)35(50)24(4)34(21)49;1-5-11(6-2)9(13)15-16-10(14)12(7-3)8-4/h11-14,19-21,23-25,29,34-35,39,49-53H,15-18H2,1-10H3,(H,45,55);5-8H2,1-4H3/b12-11+,19-14+,22-13-,44-20+;/t21-,23+,24+,25+,29-,34-,35+,39+,43-;/m0./s1. The summed E-state index contributed by atoms with van der Waals surface area (Å²) in [5.74, 6) is -8.34. The summed E-state index contributed by atoms with van der Waals surface area (Å²) in [6.07, 6.45) is 4.86. The minimum absolute atomic E-state index is 0.0559. The highest BCUT2D eigenvalue weighted by molar-refractivity contribution is 8.89. The summed E-state index contributed by atoms with van der Waals surface area (Å²) in [6, 6.07) is 0. The number of nitrogens with zero attached hydrogens (tertiary/aromatic N) is 5. The number of Topliss-reactive ketones (excluding diaryl/α,β-unsaturated/α-hetero) is 1. The molecule has 4 heterocycles. The molecule has 0 spiro atoms. The van der Waals surface area contributed by atoms with Crippen molar-refractivity contribution in [1.29, 1.82) is 0 Å². The van der Waals surface area contributed by atoms with Gasteiger partial charge in [-0.05, 0) is 76.3 Å². The first-order valence-corrected chi connectivity index (χ1v) is 28.3. The lowest BCUT2D eigenvalue weighted by atomic mass is 9.78. The van der Waals surface area contributed by atoms with Crippen molar-refractivity contribution < 1.29 is 58.9 Å². The molecule has 1 amide bonds. The summed E-state index contributed by atoms with van der Waals surface area (Å²) in [6.45, 7) is 27.4. The number of nitrogens with one attached hydrogen (secondary N) is 1. The SMILES string of the molecule is CCN(CC)C(=S)SSC(=S)N(CC)CC.CO[C@H]1/C=C/O[C@@]2(C)Oc3c(C)c(O)c4c(O)c(c(/C=N/N5CCN(C)CC5)c(O)c4c3C2=O)NC(=O)/C(C)=C\C=C\[C@H](C)[C@H](O)[C@@H](C)[C@@H](O)[C@@H](C)[C@H](OC(C)=O)[C@@H]1C. The zero-order chi connectivity index (χ0) is 56.2. The lowest BCUT2D eigenvalue weighted by Gasteiger charge is -2.38. The molecule has 2 aromatic carbocycles. The first-order valence-electron chi connectivity index (χ1n) is 25.3. The number of aliphatic hydroxyl groups excluding tert-OH is 2. The quantitative estimate of drug-likeness (QED) is 0.0368. The Kier molecular flexibility index (Phi) is 23.5. The van der Waals surface area contributed by atoms with Gasteiger partial charge in [-0.1, -0.05) is 70.4 Å². The van der Waals surface area contributed by atoms with Gasteiger partial charge >= 0.3 is 11.8 Å². The number of phenolic OH excluding ortho intramolecular Hbond substituents is 3. The smallest absolute Gasteiger partial charge is 0.312 e. The van der Waals surface area contributed by atoms with Crippen molar-refractivity contribution in [1.82, 2.24) is 19.7 Å². The number of amides is 1. The number of hydrogen-bond donors (Lipinski definition) is 6. The summed E-state index contributed by atoms with van der Waals surface area (Å²) < 4.78 is 25.4. The fourth-order valence-electron chi connectivity index (χ4n) is 9.06. The second-order valence-electron chi connectivity index (χ2n) is 19.2. The molecule has 0 saturated carbocycles. The highest BCUT2D eigenvalue weighted by Crippen LogP contribution is 2.55. The van der Waals surface area contributed by atoms with Crippen LogP contribution in [0.2, 0.25) is 0 Å². The van der Waals surface area contributed by atoms with E-state index < -0.39 is 88.8 Å². The number of ether oxygens (including phenoxy) is 4. The van der Waals surface area contributed by atoms with Crippen LogP contribution in [-0.2, 0) is 23.8 Å². The van der Waals surface area contributed by atoms with Gasteiger partial charge in [0.05, 0.1) is 53.0 Å². The van der Waals surface area contributed by atoms with Gasteiger partial charge in [0, 0.05) is 114 Å². The van der Waals surface area contributed by atoms with Crippen molar-refractivity contribution in [2.24, 2.45) is 28.8 Å². The summed E-state index contributed by atoms with van der Waals surface area (Å²) in [7, 11) is 6.60. The van der Waals surface area contributed by atoms with Crippen LogP contribution in [0, 0.1) is 30.6 Å². The van der Waals surface area contributed by atoms with Crippen LogP contribution >= 0.6 is 46.0 Å². The number of allylic oxidation sites excluding steroid dienone is 2. The lowest BCUT2D eigenvalue weighted by molar-refractivity contribution is -0.160. The van der Waals surface area contributed by atoms with Gasteiger partial charge in [0.25, 0.3) is 11.7 Å². The van der Waals surface area contributed by atoms with Gasteiger partial charge in [0.2, 0.25) is 0 Å². The van der Waals surface area contributed by atoms with Crippen molar-refractivity contribution in [2.45, 2.75) is 113 Å². The number of thiocarbonyl (C=S) groups is 2. The van der Waals surface area contributed by atoms with Gasteiger partial charge in [-0.2, -0.15) is 5.10 Å². The monoisotopic (exact) mass is 1120 g/mol. The van der Waals surface area contributed by atoms with E-state index in [4.69, 9.17) is 43.4 Å². The number of aliphatic hydroxyl groups is 2. The summed E-state index contributed by atoms with van der Waals surface area (Å²) in [4.78, 5) is 47.0. The van der Waals surface area contributed by atoms with Crippen LogP contribution in [0.15, 0.2) is 41.2 Å². The van der Waals surface area contributed by atoms with E-state index >= 15 is 0 Å². The highest BCUT2D eigenvalue weighted by Gasteiger charge is 2.50. The Bertz CT molecular complexity index is 2490. The minimum Gasteiger partial charge on any atom is -0.507 e. The molecule has 18 nitrogen and oxygen atoms in total. The van der Waals surface area contributed by atoms with E-state index in [2.05, 4.69) is 52.8 Å². The molecule has 6 rings (SSSR count). The molecule has 5 bridgehead atoms. The number of hydrazone groups is 1. The van der Waals surface area contributed by atoms with Gasteiger partial charge in [0.1, 0.15) is 32.0 Å². The van der Waals surface area contributed by atoms with Gasteiger partial charge in [-0.3, -0.25) is 19.4 Å². The van der Waals surface area contributed by atoms with E-state index in [1.165, 1.54) is 59.4 Å². The van der Waals surface area contributed by atoms with E-state index in [0.29, 0.717) is 13.1 Å². The second-order valence-corrected chi connectivity index (χ2v) is 22.6. The number of ketones is 1. The molecule has 22 heteroatoms. The first-order chi connectivity index (χ1) is 35.3. The number of phenols is 3. The summed E-state index contributed by atoms with van der Waals surface area (Å²) in [5.41, 5.74) is -0.350. The summed E-state index contributed by atoms with van der Waals surface area (Å²) >= 11 is 10.7. The topological polar surface area (TPSA) is 227 Å². The van der Waals surface area contributed by atoms with Crippen LogP contribution in [0.3, 0.4) is 0 Å². The van der Waals surface area contributed by atoms with Crippen molar-refractivity contribution >= 4 is 95.0 Å². The molecule has 0 unspecified atom stereocenters. The molecule has 1 fully saturated rings. The van der Waals surface area contributed by atoms with Crippen LogP contribution in [0.4, 0.5) is 5.69 Å². The largest absolute Gasteiger partial charge is 0.507 e. The van der Waals surface area contributed by atoms with Crippen LogP contribution < -0.4 is 10.1 Å². The zero-order valence-corrected chi connectivity index (χ0v) is 49.0. The number of likely N-dealkylation sites (N-methyl/N-ethyl adjacent to an activating group) is 1. The molecule has 1 saturated heterocycles. The predicted octanol–water partition coefficient (Wildman–Crippen LogP) is 7.96. The molecule has 416 valence electrons. The molecule has 75 heavy (non-hydrogen) atoms. The van der Waals surface area contributed by atoms with Crippen molar-refractivity contribution in [3.8, 4) is 23.0 Å². The van der Waals surface area contributed by atoms with Gasteiger partial charge in [-0.15, -0.1) is 0 Å². The minimum atomic E-state index is -2.04. The molecule has 4 aliphatic heterocycles. The Morgan fingerprint density at radius 1 is 0.880 bits per heavy atom. The maximum absolute atomic E-state index is 14.4. The number of carbonyl (C=O) groups excluding carboxylic acids is 3. The Morgan fingerprint density at radius 2 is 1.45 bits per heavy atom. The van der Waals surface area contributed by atoms with Crippen LogP contribution in [0.5, 0.6) is 23.0 Å². The Morgan fingerprint density at radius 3 is 1.99 bits per heavy atom. The second kappa shape index (κ2) is 28.1. The number of carbonyl (C=O) groups is 3. The number of aromatic hydroxyl groups is 3. The van der Waals surface area contributed by atoms with Gasteiger partial charge in [0.15, 0.2) is 5.75 Å². The average Bonchev–Trinajstić information content (AvgIpc) is 3.64.